The van der Waals surface area contributed by atoms with Gasteiger partial charge in [-0.25, -0.2) is 4.98 Å². The molecular formula is C26H25Cl3N4OS. The van der Waals surface area contributed by atoms with E-state index in [-0.39, 0.29) is 17.9 Å². The molecule has 182 valence electrons. The summed E-state index contributed by atoms with van der Waals surface area (Å²) < 4.78 is 1.73. The Kier molecular flexibility index (Phi) is 7.57. The number of aryl methyl sites for hydroxylation is 1. The molecule has 0 aliphatic heterocycles. The number of hydrogen-bond acceptors (Lipinski definition) is 4. The molecule has 0 saturated carbocycles. The minimum atomic E-state index is -0.199. The number of nitrogens with zero attached hydrogens (tertiary/aromatic N) is 3. The number of carbonyl (C=O) groups is 1. The highest BCUT2D eigenvalue weighted by atomic mass is 35.5. The Balaban J connectivity index is 1.67. The minimum Gasteiger partial charge on any atom is -0.344 e. The number of benzene rings is 2. The van der Waals surface area contributed by atoms with Crippen LogP contribution in [0.4, 0.5) is 0 Å². The van der Waals surface area contributed by atoms with Gasteiger partial charge in [0.25, 0.3) is 5.91 Å². The summed E-state index contributed by atoms with van der Waals surface area (Å²) in [6, 6.07) is 14.7. The lowest BCUT2D eigenvalue weighted by Crippen LogP contribution is -2.25. The average Bonchev–Trinajstić information content (AvgIpc) is 3.42. The van der Waals surface area contributed by atoms with Crippen LogP contribution >= 0.6 is 46.1 Å². The van der Waals surface area contributed by atoms with Crippen LogP contribution in [0.15, 0.2) is 48.5 Å². The van der Waals surface area contributed by atoms with Gasteiger partial charge in [0.15, 0.2) is 0 Å². The Morgan fingerprint density at radius 1 is 1.03 bits per heavy atom. The number of thiazole rings is 1. The van der Waals surface area contributed by atoms with Gasteiger partial charge in [0.2, 0.25) is 0 Å². The normalized spacial score (nSPS) is 11.6. The average molecular weight is 548 g/mol. The predicted octanol–water partition coefficient (Wildman–Crippen LogP) is 7.88. The summed E-state index contributed by atoms with van der Waals surface area (Å²) in [4.78, 5) is 18.8. The van der Waals surface area contributed by atoms with Crippen molar-refractivity contribution in [1.29, 1.82) is 0 Å². The van der Waals surface area contributed by atoms with Crippen LogP contribution in [0.3, 0.4) is 0 Å². The Bertz CT molecular complexity index is 1390. The Hall–Kier alpha value is -2.38. The molecule has 5 nitrogen and oxygen atoms in total. The van der Waals surface area contributed by atoms with E-state index in [1.165, 1.54) is 11.3 Å². The first-order valence-corrected chi connectivity index (χ1v) is 13.1. The third-order valence-corrected chi connectivity index (χ3v) is 7.42. The van der Waals surface area contributed by atoms with Gasteiger partial charge >= 0.3 is 0 Å². The Morgan fingerprint density at radius 2 is 1.77 bits per heavy atom. The van der Waals surface area contributed by atoms with Gasteiger partial charge in [-0.3, -0.25) is 9.48 Å². The second kappa shape index (κ2) is 10.3. The van der Waals surface area contributed by atoms with Crippen LogP contribution in [0.25, 0.3) is 21.7 Å². The molecule has 0 fully saturated rings. The van der Waals surface area contributed by atoms with Gasteiger partial charge in [-0.1, -0.05) is 79.8 Å². The topological polar surface area (TPSA) is 59.8 Å². The van der Waals surface area contributed by atoms with Crippen molar-refractivity contribution >= 4 is 52.0 Å². The molecule has 4 aromatic rings. The number of aromatic nitrogens is 3. The molecule has 0 unspecified atom stereocenters. The molecule has 2 heterocycles. The SMILES string of the molecule is CCn1nc(C(C)(C)C)cc1C(=O)NCc1nc(-c2ccccc2Cl)c(-c2ccc(Cl)cc2Cl)s1. The van der Waals surface area contributed by atoms with E-state index in [1.807, 2.05) is 43.3 Å². The summed E-state index contributed by atoms with van der Waals surface area (Å²) in [5.74, 6) is -0.199. The van der Waals surface area contributed by atoms with Crippen molar-refractivity contribution in [2.24, 2.45) is 0 Å². The highest BCUT2D eigenvalue weighted by Crippen LogP contribution is 2.42. The molecule has 0 radical (unpaired) electrons. The number of hydrogen-bond donors (Lipinski definition) is 1. The van der Waals surface area contributed by atoms with Crippen LogP contribution in [0.5, 0.6) is 0 Å². The number of nitrogens with one attached hydrogen (secondary N) is 1. The van der Waals surface area contributed by atoms with Crippen molar-refractivity contribution in [3.8, 4) is 21.7 Å². The summed E-state index contributed by atoms with van der Waals surface area (Å²) in [7, 11) is 0. The zero-order chi connectivity index (χ0) is 25.3. The van der Waals surface area contributed by atoms with Gasteiger partial charge in [0, 0.05) is 28.1 Å². The summed E-state index contributed by atoms with van der Waals surface area (Å²) in [6.45, 7) is 9.05. The van der Waals surface area contributed by atoms with E-state index < -0.39 is 0 Å². The molecule has 4 rings (SSSR count). The lowest BCUT2D eigenvalue weighted by molar-refractivity contribution is 0.0940. The van der Waals surface area contributed by atoms with E-state index in [1.54, 1.807) is 16.8 Å². The Labute approximate surface area is 224 Å². The van der Waals surface area contributed by atoms with E-state index in [4.69, 9.17) is 39.8 Å². The molecule has 2 aromatic carbocycles. The minimum absolute atomic E-state index is 0.151. The van der Waals surface area contributed by atoms with Crippen molar-refractivity contribution in [2.45, 2.75) is 46.2 Å². The highest BCUT2D eigenvalue weighted by Gasteiger charge is 2.23. The van der Waals surface area contributed by atoms with Crippen LogP contribution < -0.4 is 5.32 Å². The summed E-state index contributed by atoms with van der Waals surface area (Å²) in [5.41, 5.74) is 3.56. The molecule has 0 saturated heterocycles. The van der Waals surface area contributed by atoms with Crippen LogP contribution in [-0.4, -0.2) is 20.7 Å². The molecule has 1 amide bonds. The summed E-state index contributed by atoms with van der Waals surface area (Å²) >= 11 is 20.6. The van der Waals surface area contributed by atoms with Gasteiger partial charge in [0.05, 0.1) is 32.9 Å². The standard InChI is InChI=1S/C26H25Cl3N4OS/c1-5-33-20(13-21(32-33)26(2,3)4)25(34)30-14-22-31-23(16-8-6-7-9-18(16)28)24(35-22)17-11-10-15(27)12-19(17)29/h6-13H,5,14H2,1-4H3,(H,30,34). The zero-order valence-corrected chi connectivity index (χ0v) is 22.9. The molecule has 1 N–H and O–H groups in total. The maximum Gasteiger partial charge on any atom is 0.269 e. The molecule has 0 spiro atoms. The number of halogens is 3. The van der Waals surface area contributed by atoms with Gasteiger partial charge in [-0.2, -0.15) is 5.10 Å². The quantitative estimate of drug-likeness (QED) is 0.267. The van der Waals surface area contributed by atoms with Crippen LogP contribution in [0.2, 0.25) is 15.1 Å². The van der Waals surface area contributed by atoms with Gasteiger partial charge in [-0.05, 0) is 31.2 Å². The van der Waals surface area contributed by atoms with Gasteiger partial charge in [-0.15, -0.1) is 11.3 Å². The van der Waals surface area contributed by atoms with Crippen molar-refractivity contribution in [3.05, 3.63) is 80.0 Å². The third kappa shape index (κ3) is 5.56. The fraction of sp³-hybridized carbons (Fsp3) is 0.269. The molecular weight excluding hydrogens is 523 g/mol. The first kappa shape index (κ1) is 25.7. The van der Waals surface area contributed by atoms with E-state index in [9.17, 15) is 4.79 Å². The van der Waals surface area contributed by atoms with E-state index in [0.717, 1.165) is 26.7 Å². The van der Waals surface area contributed by atoms with Crippen LogP contribution in [0.1, 0.15) is 48.9 Å². The number of amides is 1. The first-order valence-electron chi connectivity index (χ1n) is 11.1. The van der Waals surface area contributed by atoms with Crippen LogP contribution in [0, 0.1) is 0 Å². The van der Waals surface area contributed by atoms with Crippen molar-refractivity contribution in [3.63, 3.8) is 0 Å². The molecule has 0 bridgehead atoms. The fourth-order valence-electron chi connectivity index (χ4n) is 3.59. The predicted molar refractivity (Wildman–Crippen MR) is 146 cm³/mol. The maximum atomic E-state index is 13.1. The van der Waals surface area contributed by atoms with E-state index in [0.29, 0.717) is 33.0 Å². The number of rotatable bonds is 6. The fourth-order valence-corrected chi connectivity index (χ4v) is 5.43. The Morgan fingerprint density at radius 3 is 2.43 bits per heavy atom. The lowest BCUT2D eigenvalue weighted by atomic mass is 9.92. The first-order chi connectivity index (χ1) is 16.6. The van der Waals surface area contributed by atoms with Crippen LogP contribution in [-0.2, 0) is 18.5 Å². The molecule has 9 heteroatoms. The second-order valence-corrected chi connectivity index (χ2v) is 11.4. The van der Waals surface area contributed by atoms with Gasteiger partial charge in [0.1, 0.15) is 10.7 Å². The third-order valence-electron chi connectivity index (χ3n) is 5.46. The monoisotopic (exact) mass is 546 g/mol. The zero-order valence-electron chi connectivity index (χ0n) is 19.8. The smallest absolute Gasteiger partial charge is 0.269 e. The molecule has 35 heavy (non-hydrogen) atoms. The highest BCUT2D eigenvalue weighted by molar-refractivity contribution is 7.15. The maximum absolute atomic E-state index is 13.1. The molecule has 2 aromatic heterocycles. The summed E-state index contributed by atoms with van der Waals surface area (Å²) in [5, 5.41) is 9.99. The molecule has 0 atom stereocenters. The van der Waals surface area contributed by atoms with Crippen molar-refractivity contribution in [2.75, 3.05) is 0 Å². The molecule has 0 aliphatic carbocycles. The summed E-state index contributed by atoms with van der Waals surface area (Å²) in [6.07, 6.45) is 0. The van der Waals surface area contributed by atoms with Crippen molar-refractivity contribution < 1.29 is 4.79 Å². The van der Waals surface area contributed by atoms with Gasteiger partial charge < -0.3 is 5.32 Å². The second-order valence-electron chi connectivity index (χ2n) is 9.05. The lowest BCUT2D eigenvalue weighted by Gasteiger charge is -2.13. The van der Waals surface area contributed by atoms with E-state index >= 15 is 0 Å². The number of carbonyl (C=O) groups excluding carboxylic acids is 1. The van der Waals surface area contributed by atoms with Crippen molar-refractivity contribution in [1.82, 2.24) is 20.1 Å². The van der Waals surface area contributed by atoms with E-state index in [2.05, 4.69) is 31.2 Å². The molecule has 0 aliphatic rings. The largest absolute Gasteiger partial charge is 0.344 e.